The molecule has 0 aliphatic heterocycles. The molecule has 0 unspecified atom stereocenters. The van der Waals surface area contributed by atoms with E-state index >= 15 is 0 Å². The highest BCUT2D eigenvalue weighted by Crippen LogP contribution is 2.29. The summed E-state index contributed by atoms with van der Waals surface area (Å²) >= 11 is 0. The Morgan fingerprint density at radius 3 is 2.15 bits per heavy atom. The normalized spacial score (nSPS) is 11.0. The molecular formula is C21H26N4O. The van der Waals surface area contributed by atoms with Crippen LogP contribution in [0.15, 0.2) is 48.5 Å². The van der Waals surface area contributed by atoms with Gasteiger partial charge in [0.15, 0.2) is 0 Å². The molecular weight excluding hydrogens is 324 g/mol. The molecule has 0 saturated carbocycles. The van der Waals surface area contributed by atoms with Gasteiger partial charge in [-0.05, 0) is 41.2 Å². The highest BCUT2D eigenvalue weighted by molar-refractivity contribution is 5.80. The van der Waals surface area contributed by atoms with Crippen LogP contribution in [0.1, 0.15) is 44.1 Å². The number of aromatic amines is 1. The van der Waals surface area contributed by atoms with Crippen molar-refractivity contribution >= 4 is 0 Å². The Balaban J connectivity index is 1.57. The van der Waals surface area contributed by atoms with Gasteiger partial charge in [-0.25, -0.2) is 0 Å². The van der Waals surface area contributed by atoms with E-state index in [1.165, 1.54) is 31.2 Å². The molecule has 5 heteroatoms. The summed E-state index contributed by atoms with van der Waals surface area (Å²) < 4.78 is 0. The highest BCUT2D eigenvalue weighted by Gasteiger charge is 2.10. The van der Waals surface area contributed by atoms with Crippen molar-refractivity contribution in [3.05, 3.63) is 54.1 Å². The lowest BCUT2D eigenvalue weighted by Crippen LogP contribution is -1.90. The van der Waals surface area contributed by atoms with Crippen LogP contribution in [-0.4, -0.2) is 32.3 Å². The lowest BCUT2D eigenvalue weighted by Gasteiger charge is -2.08. The van der Waals surface area contributed by atoms with Crippen molar-refractivity contribution in [2.45, 2.75) is 44.9 Å². The zero-order valence-electron chi connectivity index (χ0n) is 15.1. The maximum absolute atomic E-state index is 8.78. The Kier molecular flexibility index (Phi) is 6.90. The first kappa shape index (κ1) is 18.3. The van der Waals surface area contributed by atoms with E-state index < -0.39 is 0 Å². The van der Waals surface area contributed by atoms with Gasteiger partial charge < -0.3 is 5.11 Å². The van der Waals surface area contributed by atoms with Crippen LogP contribution in [0.3, 0.4) is 0 Å². The van der Waals surface area contributed by atoms with Crippen molar-refractivity contribution < 1.29 is 5.11 Å². The molecule has 2 aromatic carbocycles. The van der Waals surface area contributed by atoms with Crippen LogP contribution in [0.25, 0.3) is 22.5 Å². The minimum absolute atomic E-state index is 0.322. The number of hydrogen-bond acceptors (Lipinski definition) is 4. The van der Waals surface area contributed by atoms with E-state index in [1.807, 2.05) is 18.2 Å². The van der Waals surface area contributed by atoms with Crippen molar-refractivity contribution in [3.8, 4) is 22.5 Å². The third-order valence-corrected chi connectivity index (χ3v) is 4.65. The Morgan fingerprint density at radius 1 is 0.769 bits per heavy atom. The first-order valence-corrected chi connectivity index (χ1v) is 9.41. The number of benzene rings is 2. The minimum Gasteiger partial charge on any atom is -0.396 e. The molecule has 0 saturated heterocycles. The molecule has 0 aliphatic rings. The van der Waals surface area contributed by atoms with Gasteiger partial charge >= 0.3 is 0 Å². The predicted molar refractivity (Wildman–Crippen MR) is 104 cm³/mol. The number of nitrogens with one attached hydrogen (secondary N) is 1. The fourth-order valence-corrected chi connectivity index (χ4v) is 3.20. The molecule has 0 fully saturated rings. The average molecular weight is 350 g/mol. The largest absolute Gasteiger partial charge is 0.396 e. The summed E-state index contributed by atoms with van der Waals surface area (Å²) in [6.45, 7) is 0.322. The van der Waals surface area contributed by atoms with Crippen molar-refractivity contribution in [2.24, 2.45) is 0 Å². The zero-order valence-corrected chi connectivity index (χ0v) is 15.1. The van der Waals surface area contributed by atoms with Crippen LogP contribution < -0.4 is 0 Å². The van der Waals surface area contributed by atoms with Gasteiger partial charge in [-0.1, -0.05) is 74.2 Å². The lowest BCUT2D eigenvalue weighted by molar-refractivity contribution is 0.282. The first-order valence-electron chi connectivity index (χ1n) is 9.41. The molecule has 0 bridgehead atoms. The van der Waals surface area contributed by atoms with Crippen LogP contribution in [0.2, 0.25) is 0 Å². The van der Waals surface area contributed by atoms with Gasteiger partial charge in [0.2, 0.25) is 5.82 Å². The fraction of sp³-hybridized carbons (Fsp3) is 0.381. The molecule has 2 N–H and O–H groups in total. The van der Waals surface area contributed by atoms with Gasteiger partial charge in [-0.3, -0.25) is 0 Å². The average Bonchev–Trinajstić information content (AvgIpc) is 3.22. The number of aromatic nitrogens is 4. The quantitative estimate of drug-likeness (QED) is 0.531. The van der Waals surface area contributed by atoms with Gasteiger partial charge in [0.1, 0.15) is 0 Å². The number of aryl methyl sites for hydroxylation is 1. The van der Waals surface area contributed by atoms with E-state index in [2.05, 4.69) is 51.0 Å². The maximum Gasteiger partial charge on any atom is 0.205 e. The fourth-order valence-electron chi connectivity index (χ4n) is 3.20. The SMILES string of the molecule is OCCCCCCCCc1ccc(-c2ccccc2-c2nn[nH]n2)cc1. The third-order valence-electron chi connectivity index (χ3n) is 4.65. The molecule has 0 aliphatic carbocycles. The Hall–Kier alpha value is -2.53. The maximum atomic E-state index is 8.78. The first-order chi connectivity index (χ1) is 12.9. The molecule has 5 nitrogen and oxygen atoms in total. The minimum atomic E-state index is 0.322. The van der Waals surface area contributed by atoms with Crippen LogP contribution >= 0.6 is 0 Å². The summed E-state index contributed by atoms with van der Waals surface area (Å²) in [4.78, 5) is 0. The number of rotatable bonds is 10. The molecule has 26 heavy (non-hydrogen) atoms. The molecule has 1 heterocycles. The molecule has 0 atom stereocenters. The summed E-state index contributed by atoms with van der Waals surface area (Å²) in [7, 11) is 0. The van der Waals surface area contributed by atoms with E-state index in [4.69, 9.17) is 5.11 Å². The van der Waals surface area contributed by atoms with Crippen molar-refractivity contribution in [1.82, 2.24) is 20.6 Å². The Bertz CT molecular complexity index is 769. The molecule has 0 spiro atoms. The Morgan fingerprint density at radius 2 is 1.46 bits per heavy atom. The smallest absolute Gasteiger partial charge is 0.205 e. The van der Waals surface area contributed by atoms with Crippen LogP contribution in [-0.2, 0) is 6.42 Å². The number of H-pyrrole nitrogens is 1. The standard InChI is InChI=1S/C21H26N4O/c26-16-8-4-2-1-3-5-9-17-12-14-18(15-13-17)19-10-6-7-11-20(19)21-22-24-25-23-21/h6-7,10-15,26H,1-5,8-9,16H2,(H,22,23,24,25). The van der Waals surface area contributed by atoms with Gasteiger partial charge in [-0.2, -0.15) is 5.21 Å². The van der Waals surface area contributed by atoms with Gasteiger partial charge in [0.25, 0.3) is 0 Å². The summed E-state index contributed by atoms with van der Waals surface area (Å²) in [5.41, 5.74) is 4.64. The van der Waals surface area contributed by atoms with E-state index in [9.17, 15) is 0 Å². The van der Waals surface area contributed by atoms with Gasteiger partial charge in [-0.15, -0.1) is 10.2 Å². The van der Waals surface area contributed by atoms with Crippen LogP contribution in [0.4, 0.5) is 0 Å². The number of tetrazole rings is 1. The lowest BCUT2D eigenvalue weighted by atomic mass is 9.97. The second-order valence-electron chi connectivity index (χ2n) is 6.57. The van der Waals surface area contributed by atoms with Crippen LogP contribution in [0, 0.1) is 0 Å². The Labute approximate surface area is 154 Å². The monoisotopic (exact) mass is 350 g/mol. The number of aliphatic hydroxyl groups excluding tert-OH is 1. The molecule has 3 rings (SSSR count). The summed E-state index contributed by atoms with van der Waals surface area (Å²) in [5, 5.41) is 23.2. The molecule has 0 amide bonds. The predicted octanol–water partition coefficient (Wildman–Crippen LogP) is 4.41. The second kappa shape index (κ2) is 9.82. The molecule has 1 aromatic heterocycles. The molecule has 3 aromatic rings. The van der Waals surface area contributed by atoms with E-state index in [0.717, 1.165) is 36.0 Å². The number of unbranched alkanes of at least 4 members (excludes halogenated alkanes) is 5. The van der Waals surface area contributed by atoms with Gasteiger partial charge in [0, 0.05) is 12.2 Å². The van der Waals surface area contributed by atoms with Crippen molar-refractivity contribution in [2.75, 3.05) is 6.61 Å². The molecule has 136 valence electrons. The third kappa shape index (κ3) is 4.99. The highest BCUT2D eigenvalue weighted by atomic mass is 16.2. The zero-order chi connectivity index (χ0) is 18.0. The summed E-state index contributed by atoms with van der Waals surface area (Å²) in [5.74, 6) is 0.617. The van der Waals surface area contributed by atoms with E-state index in [0.29, 0.717) is 12.4 Å². The molecule has 0 radical (unpaired) electrons. The second-order valence-corrected chi connectivity index (χ2v) is 6.57. The van der Waals surface area contributed by atoms with Crippen LogP contribution in [0.5, 0.6) is 0 Å². The summed E-state index contributed by atoms with van der Waals surface area (Å²) in [6.07, 6.45) is 8.17. The van der Waals surface area contributed by atoms with E-state index in [-0.39, 0.29) is 0 Å². The number of nitrogens with zero attached hydrogens (tertiary/aromatic N) is 3. The van der Waals surface area contributed by atoms with E-state index in [1.54, 1.807) is 0 Å². The topological polar surface area (TPSA) is 74.7 Å². The summed E-state index contributed by atoms with van der Waals surface area (Å²) in [6, 6.07) is 16.9. The number of aliphatic hydroxyl groups is 1. The van der Waals surface area contributed by atoms with Crippen molar-refractivity contribution in [1.29, 1.82) is 0 Å². The van der Waals surface area contributed by atoms with Crippen molar-refractivity contribution in [3.63, 3.8) is 0 Å². The number of hydrogen-bond donors (Lipinski definition) is 2. The van der Waals surface area contributed by atoms with Gasteiger partial charge in [0.05, 0.1) is 0 Å².